The van der Waals surface area contributed by atoms with Gasteiger partial charge in [0.25, 0.3) is 0 Å². The lowest BCUT2D eigenvalue weighted by Crippen LogP contribution is -2.57. The largest absolute Gasteiger partial charge is 0.375 e. The van der Waals surface area contributed by atoms with Crippen LogP contribution in [0.15, 0.2) is 0 Å². The number of nitrogens with one attached hydrogen (secondary N) is 1. The van der Waals surface area contributed by atoms with Gasteiger partial charge < -0.3 is 10.1 Å². The number of hydrogen-bond acceptors (Lipinski definition) is 3. The molecule has 2 saturated heterocycles. The summed E-state index contributed by atoms with van der Waals surface area (Å²) in [6.45, 7) is 3.37. The van der Waals surface area contributed by atoms with E-state index in [9.17, 15) is 0 Å². The smallest absolute Gasteiger partial charge is 0.0713 e. The summed E-state index contributed by atoms with van der Waals surface area (Å²) in [4.78, 5) is 0. The molecule has 3 heteroatoms. The Morgan fingerprint density at radius 1 is 1.18 bits per heavy atom. The minimum atomic E-state index is 0.237. The van der Waals surface area contributed by atoms with Crippen molar-refractivity contribution >= 4 is 11.8 Å². The summed E-state index contributed by atoms with van der Waals surface area (Å²) >= 11 is 2.09. The zero-order valence-corrected chi connectivity index (χ0v) is 11.8. The van der Waals surface area contributed by atoms with Crippen molar-refractivity contribution in [3.8, 4) is 0 Å². The van der Waals surface area contributed by atoms with Crippen molar-refractivity contribution in [2.24, 2.45) is 0 Å². The second-order valence-corrected chi connectivity index (χ2v) is 7.62. The van der Waals surface area contributed by atoms with Crippen LogP contribution in [0.2, 0.25) is 0 Å². The van der Waals surface area contributed by atoms with Crippen molar-refractivity contribution in [3.05, 3.63) is 0 Å². The minimum absolute atomic E-state index is 0.237. The predicted molar refractivity (Wildman–Crippen MR) is 73.7 cm³/mol. The summed E-state index contributed by atoms with van der Waals surface area (Å²) in [5, 5.41) is 3.92. The second-order valence-electron chi connectivity index (χ2n) is 6.39. The zero-order valence-electron chi connectivity index (χ0n) is 11.0. The third-order valence-corrected chi connectivity index (χ3v) is 5.89. The number of thioether (sulfide) groups is 1. The van der Waals surface area contributed by atoms with Crippen LogP contribution < -0.4 is 5.32 Å². The molecular formula is C14H25NOS. The van der Waals surface area contributed by atoms with Crippen LogP contribution >= 0.6 is 11.8 Å². The highest BCUT2D eigenvalue weighted by molar-refractivity contribution is 7.99. The standard InChI is InChI=1S/C14H25NOS/c1-13(4-2-5-13)15-12-3-8-16-14(11-12)6-9-17-10-7-14/h12,15H,2-11H2,1H3. The Morgan fingerprint density at radius 3 is 2.59 bits per heavy atom. The van der Waals surface area contributed by atoms with E-state index in [0.29, 0.717) is 11.6 Å². The van der Waals surface area contributed by atoms with E-state index in [1.54, 1.807) is 0 Å². The maximum Gasteiger partial charge on any atom is 0.0713 e. The number of ether oxygens (including phenoxy) is 1. The van der Waals surface area contributed by atoms with Crippen molar-refractivity contribution in [2.45, 2.75) is 69.1 Å². The molecule has 2 aliphatic heterocycles. The van der Waals surface area contributed by atoms with E-state index in [-0.39, 0.29) is 5.60 Å². The Labute approximate surface area is 109 Å². The van der Waals surface area contributed by atoms with Crippen LogP contribution in [0, 0.1) is 0 Å². The first kappa shape index (κ1) is 12.3. The van der Waals surface area contributed by atoms with E-state index in [2.05, 4.69) is 24.0 Å². The van der Waals surface area contributed by atoms with E-state index in [4.69, 9.17) is 4.74 Å². The molecule has 2 nitrogen and oxygen atoms in total. The van der Waals surface area contributed by atoms with Crippen LogP contribution in [0.1, 0.15) is 51.9 Å². The van der Waals surface area contributed by atoms with Gasteiger partial charge in [0, 0.05) is 18.2 Å². The minimum Gasteiger partial charge on any atom is -0.375 e. The van der Waals surface area contributed by atoms with E-state index in [1.165, 1.54) is 56.5 Å². The average molecular weight is 255 g/mol. The predicted octanol–water partition coefficient (Wildman–Crippen LogP) is 2.96. The molecule has 1 atom stereocenters. The molecule has 0 radical (unpaired) electrons. The Kier molecular flexibility index (Phi) is 3.44. The molecular weight excluding hydrogens is 230 g/mol. The average Bonchev–Trinajstić information content (AvgIpc) is 2.28. The molecule has 0 aromatic carbocycles. The molecule has 0 aromatic heterocycles. The second kappa shape index (κ2) is 4.75. The van der Waals surface area contributed by atoms with Gasteiger partial charge >= 0.3 is 0 Å². The van der Waals surface area contributed by atoms with Gasteiger partial charge in [-0.2, -0.15) is 11.8 Å². The molecule has 3 fully saturated rings. The first-order valence-corrected chi connectivity index (χ1v) is 8.35. The van der Waals surface area contributed by atoms with Crippen molar-refractivity contribution in [2.75, 3.05) is 18.1 Å². The van der Waals surface area contributed by atoms with Gasteiger partial charge in [-0.25, -0.2) is 0 Å². The molecule has 2 heterocycles. The highest BCUT2D eigenvalue weighted by atomic mass is 32.2. The van der Waals surface area contributed by atoms with Gasteiger partial charge in [0.05, 0.1) is 5.60 Å². The Hall–Kier alpha value is 0.270. The summed E-state index contributed by atoms with van der Waals surface area (Å²) in [5.74, 6) is 2.59. The molecule has 1 unspecified atom stereocenters. The zero-order chi connectivity index (χ0) is 11.8. The van der Waals surface area contributed by atoms with Gasteiger partial charge in [-0.15, -0.1) is 0 Å². The topological polar surface area (TPSA) is 21.3 Å². The number of hydrogen-bond donors (Lipinski definition) is 1. The SMILES string of the molecule is CC1(NC2CCOC3(CCSCC3)C2)CCC1. The molecule has 3 rings (SSSR count). The van der Waals surface area contributed by atoms with Gasteiger partial charge in [-0.05, 0) is 63.4 Å². The lowest BCUT2D eigenvalue weighted by atomic mass is 9.76. The summed E-state index contributed by atoms with van der Waals surface area (Å²) in [7, 11) is 0. The van der Waals surface area contributed by atoms with Gasteiger partial charge in [-0.3, -0.25) is 0 Å². The Bertz CT molecular complexity index is 266. The lowest BCUT2D eigenvalue weighted by Gasteiger charge is -2.48. The fourth-order valence-corrected chi connectivity index (χ4v) is 4.82. The Balaban J connectivity index is 1.59. The van der Waals surface area contributed by atoms with Crippen molar-refractivity contribution in [1.29, 1.82) is 0 Å². The lowest BCUT2D eigenvalue weighted by molar-refractivity contribution is -0.0976. The highest BCUT2D eigenvalue weighted by Gasteiger charge is 2.41. The monoisotopic (exact) mass is 255 g/mol. The molecule has 1 N–H and O–H groups in total. The third kappa shape index (κ3) is 2.66. The van der Waals surface area contributed by atoms with Crippen LogP contribution in [0.5, 0.6) is 0 Å². The van der Waals surface area contributed by atoms with E-state index in [0.717, 1.165) is 6.61 Å². The van der Waals surface area contributed by atoms with Crippen molar-refractivity contribution in [1.82, 2.24) is 5.32 Å². The van der Waals surface area contributed by atoms with Crippen LogP contribution in [-0.4, -0.2) is 35.3 Å². The molecule has 17 heavy (non-hydrogen) atoms. The molecule has 1 aliphatic carbocycles. The van der Waals surface area contributed by atoms with Gasteiger partial charge in [0.15, 0.2) is 0 Å². The third-order valence-electron chi connectivity index (χ3n) is 4.91. The van der Waals surface area contributed by atoms with Gasteiger partial charge in [0.1, 0.15) is 0 Å². The van der Waals surface area contributed by atoms with Crippen LogP contribution in [0.3, 0.4) is 0 Å². The van der Waals surface area contributed by atoms with E-state index in [1.807, 2.05) is 0 Å². The fraction of sp³-hybridized carbons (Fsp3) is 1.00. The van der Waals surface area contributed by atoms with Crippen LogP contribution in [0.4, 0.5) is 0 Å². The molecule has 3 aliphatic rings. The van der Waals surface area contributed by atoms with Crippen LogP contribution in [-0.2, 0) is 4.74 Å². The molecule has 1 spiro atoms. The molecule has 1 saturated carbocycles. The van der Waals surface area contributed by atoms with E-state index >= 15 is 0 Å². The van der Waals surface area contributed by atoms with Crippen molar-refractivity contribution in [3.63, 3.8) is 0 Å². The quantitative estimate of drug-likeness (QED) is 0.819. The summed E-state index contributed by atoms with van der Waals surface area (Å²) in [5.41, 5.74) is 0.688. The number of rotatable bonds is 2. The van der Waals surface area contributed by atoms with E-state index < -0.39 is 0 Å². The maximum absolute atomic E-state index is 6.15. The molecule has 0 bridgehead atoms. The summed E-state index contributed by atoms with van der Waals surface area (Å²) in [6.07, 6.45) is 9.15. The molecule has 98 valence electrons. The normalized spacial score (nSPS) is 35.5. The van der Waals surface area contributed by atoms with Crippen LogP contribution in [0.25, 0.3) is 0 Å². The fourth-order valence-electron chi connectivity index (χ4n) is 3.59. The first-order chi connectivity index (χ1) is 8.20. The first-order valence-electron chi connectivity index (χ1n) is 7.19. The van der Waals surface area contributed by atoms with Crippen molar-refractivity contribution < 1.29 is 4.74 Å². The molecule has 0 aromatic rings. The highest BCUT2D eigenvalue weighted by Crippen LogP contribution is 2.39. The van der Waals surface area contributed by atoms with Gasteiger partial charge in [-0.1, -0.05) is 0 Å². The summed E-state index contributed by atoms with van der Waals surface area (Å²) in [6, 6.07) is 0.706. The Morgan fingerprint density at radius 2 is 1.94 bits per heavy atom. The maximum atomic E-state index is 6.15. The van der Waals surface area contributed by atoms with Gasteiger partial charge in [0.2, 0.25) is 0 Å². The molecule has 0 amide bonds. The summed E-state index contributed by atoms with van der Waals surface area (Å²) < 4.78 is 6.15.